The van der Waals surface area contributed by atoms with E-state index < -0.39 is 9.84 Å². The summed E-state index contributed by atoms with van der Waals surface area (Å²) in [5, 5.41) is 0.287. The third kappa shape index (κ3) is 3.65. The van der Waals surface area contributed by atoms with E-state index in [9.17, 15) is 8.42 Å². The van der Waals surface area contributed by atoms with E-state index >= 15 is 0 Å². The van der Waals surface area contributed by atoms with Gasteiger partial charge >= 0.3 is 0 Å². The van der Waals surface area contributed by atoms with E-state index in [1.54, 1.807) is 0 Å². The minimum absolute atomic E-state index is 0.0946. The Morgan fingerprint density at radius 3 is 2.05 bits per heavy atom. The Morgan fingerprint density at radius 2 is 1.58 bits per heavy atom. The normalized spacial score (nSPS) is 11.5. The Bertz CT molecular complexity index is 680. The van der Waals surface area contributed by atoms with Crippen LogP contribution in [0.2, 0.25) is 10.3 Å². The predicted octanol–water partition coefficient (Wildman–Crippen LogP) is 3.00. The van der Waals surface area contributed by atoms with Gasteiger partial charge in [0.25, 0.3) is 0 Å². The highest BCUT2D eigenvalue weighted by molar-refractivity contribution is 7.89. The largest absolute Gasteiger partial charge is 0.229 e. The van der Waals surface area contributed by atoms with Crippen molar-refractivity contribution < 1.29 is 8.42 Å². The number of nitrogens with zero attached hydrogens (tertiary/aromatic N) is 2. The quantitative estimate of drug-likeness (QED) is 0.817. The van der Waals surface area contributed by atoms with Gasteiger partial charge in [0, 0.05) is 6.26 Å². The van der Waals surface area contributed by atoms with Crippen LogP contribution in [0.15, 0.2) is 30.3 Å². The van der Waals surface area contributed by atoms with Gasteiger partial charge in [0.05, 0.1) is 5.56 Å². The number of halogens is 2. The van der Waals surface area contributed by atoms with Crippen LogP contribution in [0.3, 0.4) is 0 Å². The molecule has 1 aromatic carbocycles. The van der Waals surface area contributed by atoms with Crippen molar-refractivity contribution in [3.8, 4) is 11.1 Å². The third-order valence-electron chi connectivity index (χ3n) is 2.32. The maximum Gasteiger partial charge on any atom is 0.154 e. The van der Waals surface area contributed by atoms with Crippen molar-refractivity contribution in [3.63, 3.8) is 0 Å². The second-order valence-electron chi connectivity index (χ2n) is 4.03. The minimum Gasteiger partial charge on any atom is -0.229 e. The first-order valence-electron chi connectivity index (χ1n) is 5.32. The number of hydrogen-bond donors (Lipinski definition) is 0. The SMILES string of the molecule is CS(=O)(=O)Cc1nc(Cl)c(-c2ccccc2)c(Cl)n1. The summed E-state index contributed by atoms with van der Waals surface area (Å²) >= 11 is 12.1. The summed E-state index contributed by atoms with van der Waals surface area (Å²) in [5.74, 6) is -0.196. The second kappa shape index (κ2) is 5.45. The van der Waals surface area contributed by atoms with Gasteiger partial charge in [0.15, 0.2) is 9.84 Å². The molecule has 0 unspecified atom stereocenters. The minimum atomic E-state index is -3.23. The van der Waals surface area contributed by atoms with Gasteiger partial charge in [-0.1, -0.05) is 53.5 Å². The molecular weight excluding hydrogens is 307 g/mol. The van der Waals surface area contributed by atoms with Gasteiger partial charge in [-0.2, -0.15) is 0 Å². The predicted molar refractivity (Wildman–Crippen MR) is 76.0 cm³/mol. The molecule has 0 atom stereocenters. The Hall–Kier alpha value is -1.17. The molecule has 0 bridgehead atoms. The number of sulfone groups is 1. The molecule has 0 saturated heterocycles. The van der Waals surface area contributed by atoms with Gasteiger partial charge in [-0.25, -0.2) is 18.4 Å². The van der Waals surface area contributed by atoms with Gasteiger partial charge in [-0.05, 0) is 5.56 Å². The number of hydrogen-bond acceptors (Lipinski definition) is 4. The molecule has 0 spiro atoms. The summed E-state index contributed by atoms with van der Waals surface area (Å²) in [7, 11) is -3.23. The molecule has 4 nitrogen and oxygen atoms in total. The van der Waals surface area contributed by atoms with E-state index in [-0.39, 0.29) is 21.9 Å². The molecule has 100 valence electrons. The first kappa shape index (κ1) is 14.2. The molecule has 0 N–H and O–H groups in total. The zero-order valence-electron chi connectivity index (χ0n) is 9.97. The monoisotopic (exact) mass is 316 g/mol. The van der Waals surface area contributed by atoms with E-state index in [2.05, 4.69) is 9.97 Å². The fourth-order valence-corrected chi connectivity index (χ4v) is 2.83. The van der Waals surface area contributed by atoms with Crippen molar-refractivity contribution in [3.05, 3.63) is 46.5 Å². The number of aromatic nitrogens is 2. The summed E-state index contributed by atoms with van der Waals surface area (Å²) in [5.41, 5.74) is 1.28. The summed E-state index contributed by atoms with van der Waals surface area (Å²) in [4.78, 5) is 7.97. The number of rotatable bonds is 3. The van der Waals surface area contributed by atoms with E-state index in [0.29, 0.717) is 5.56 Å². The lowest BCUT2D eigenvalue weighted by Gasteiger charge is -2.08. The Kier molecular flexibility index (Phi) is 4.08. The molecule has 1 heterocycles. The molecule has 19 heavy (non-hydrogen) atoms. The number of benzene rings is 1. The topological polar surface area (TPSA) is 59.9 Å². The average Bonchev–Trinajstić information content (AvgIpc) is 2.27. The molecule has 0 saturated carbocycles. The fourth-order valence-electron chi connectivity index (χ4n) is 1.59. The van der Waals surface area contributed by atoms with Crippen LogP contribution in [0.4, 0.5) is 0 Å². The molecule has 7 heteroatoms. The van der Waals surface area contributed by atoms with Gasteiger partial charge < -0.3 is 0 Å². The van der Waals surface area contributed by atoms with Crippen LogP contribution in [0.5, 0.6) is 0 Å². The zero-order valence-corrected chi connectivity index (χ0v) is 12.3. The van der Waals surface area contributed by atoms with Crippen LogP contribution < -0.4 is 0 Å². The molecule has 0 amide bonds. The smallest absolute Gasteiger partial charge is 0.154 e. The lowest BCUT2D eigenvalue weighted by Crippen LogP contribution is -2.06. The van der Waals surface area contributed by atoms with Crippen molar-refractivity contribution in [2.75, 3.05) is 6.26 Å². The van der Waals surface area contributed by atoms with Crippen LogP contribution in [0, 0.1) is 0 Å². The first-order chi connectivity index (χ1) is 8.87. The summed E-state index contributed by atoms with van der Waals surface area (Å²) in [6, 6.07) is 9.20. The van der Waals surface area contributed by atoms with Gasteiger partial charge in [0.1, 0.15) is 21.9 Å². The van der Waals surface area contributed by atoms with Crippen molar-refractivity contribution >= 4 is 33.0 Å². The van der Waals surface area contributed by atoms with Gasteiger partial charge in [-0.3, -0.25) is 0 Å². The maximum absolute atomic E-state index is 11.2. The molecular formula is C12H10Cl2N2O2S. The molecule has 0 aliphatic carbocycles. The van der Waals surface area contributed by atoms with Crippen LogP contribution >= 0.6 is 23.2 Å². The second-order valence-corrected chi connectivity index (χ2v) is 6.89. The molecule has 2 aromatic rings. The zero-order chi connectivity index (χ0) is 14.0. The molecule has 2 rings (SSSR count). The third-order valence-corrected chi connectivity index (χ3v) is 3.65. The van der Waals surface area contributed by atoms with E-state index in [1.165, 1.54) is 0 Å². The maximum atomic E-state index is 11.2. The van der Waals surface area contributed by atoms with Gasteiger partial charge in [0.2, 0.25) is 0 Å². The highest BCUT2D eigenvalue weighted by Gasteiger charge is 2.15. The highest BCUT2D eigenvalue weighted by Crippen LogP contribution is 2.32. The van der Waals surface area contributed by atoms with E-state index in [4.69, 9.17) is 23.2 Å². The molecule has 1 aromatic heterocycles. The lowest BCUT2D eigenvalue weighted by atomic mass is 10.1. The average molecular weight is 317 g/mol. The van der Waals surface area contributed by atoms with Crippen molar-refractivity contribution in [2.45, 2.75) is 5.75 Å². The molecule has 0 radical (unpaired) electrons. The van der Waals surface area contributed by atoms with Crippen LogP contribution in [0.25, 0.3) is 11.1 Å². The highest BCUT2D eigenvalue weighted by atomic mass is 35.5. The van der Waals surface area contributed by atoms with E-state index in [0.717, 1.165) is 11.8 Å². The van der Waals surface area contributed by atoms with Gasteiger partial charge in [-0.15, -0.1) is 0 Å². The van der Waals surface area contributed by atoms with Crippen LogP contribution in [-0.4, -0.2) is 24.6 Å². The Labute approximate surface area is 121 Å². The Morgan fingerprint density at radius 1 is 1.05 bits per heavy atom. The van der Waals surface area contributed by atoms with Crippen molar-refractivity contribution in [1.29, 1.82) is 0 Å². The first-order valence-corrected chi connectivity index (χ1v) is 8.13. The standard InChI is InChI=1S/C12H10Cl2N2O2S/c1-19(17,18)7-9-15-11(13)10(12(14)16-9)8-5-3-2-4-6-8/h2-6H,7H2,1H3. The fraction of sp³-hybridized carbons (Fsp3) is 0.167. The van der Waals surface area contributed by atoms with Crippen molar-refractivity contribution in [1.82, 2.24) is 9.97 Å². The molecule has 0 aliphatic heterocycles. The van der Waals surface area contributed by atoms with Crippen LogP contribution in [0.1, 0.15) is 5.82 Å². The van der Waals surface area contributed by atoms with Crippen LogP contribution in [-0.2, 0) is 15.6 Å². The molecule has 0 fully saturated rings. The Balaban J connectivity index is 2.50. The summed E-state index contributed by atoms with van der Waals surface area (Å²) in [6.07, 6.45) is 1.10. The summed E-state index contributed by atoms with van der Waals surface area (Å²) in [6.45, 7) is 0. The molecule has 0 aliphatic rings. The van der Waals surface area contributed by atoms with Crippen molar-refractivity contribution in [2.24, 2.45) is 0 Å². The summed E-state index contributed by atoms with van der Waals surface area (Å²) < 4.78 is 22.4. The lowest BCUT2D eigenvalue weighted by molar-refractivity contribution is 0.599. The van der Waals surface area contributed by atoms with E-state index in [1.807, 2.05) is 30.3 Å².